The number of hydrogen-bond donors (Lipinski definition) is 2. The van der Waals surface area contributed by atoms with Gasteiger partial charge in [-0.25, -0.2) is 5.84 Å². The van der Waals surface area contributed by atoms with E-state index in [-0.39, 0.29) is 5.91 Å². The third kappa shape index (κ3) is 3.08. The van der Waals surface area contributed by atoms with Gasteiger partial charge < -0.3 is 0 Å². The number of thioether (sulfide) groups is 1. The predicted octanol–water partition coefficient (Wildman–Crippen LogP) is 0.941. The number of carbonyl (C=O) groups excluding carboxylic acids is 1. The van der Waals surface area contributed by atoms with Crippen LogP contribution >= 0.6 is 11.8 Å². The van der Waals surface area contributed by atoms with Crippen LogP contribution in [0.1, 0.15) is 5.56 Å². The monoisotopic (exact) mass is 196 g/mol. The van der Waals surface area contributed by atoms with Crippen LogP contribution < -0.4 is 11.3 Å². The molecule has 0 atom stereocenters. The lowest BCUT2D eigenvalue weighted by atomic mass is 10.1. The van der Waals surface area contributed by atoms with Crippen molar-refractivity contribution in [1.29, 1.82) is 0 Å². The van der Waals surface area contributed by atoms with Gasteiger partial charge in [-0.2, -0.15) is 0 Å². The summed E-state index contributed by atoms with van der Waals surface area (Å²) in [6, 6.07) is 7.84. The molecule has 0 spiro atoms. The molecular weight excluding hydrogens is 184 g/mol. The van der Waals surface area contributed by atoms with Crippen molar-refractivity contribution in [2.45, 2.75) is 11.3 Å². The van der Waals surface area contributed by atoms with Gasteiger partial charge >= 0.3 is 0 Å². The van der Waals surface area contributed by atoms with E-state index in [1.807, 2.05) is 30.5 Å². The number of carbonyl (C=O) groups is 1. The van der Waals surface area contributed by atoms with E-state index < -0.39 is 0 Å². The lowest BCUT2D eigenvalue weighted by Gasteiger charge is -2.01. The second-order valence-corrected chi connectivity index (χ2v) is 3.47. The molecule has 1 aromatic rings. The molecule has 0 aliphatic heterocycles. The van der Waals surface area contributed by atoms with Crippen molar-refractivity contribution in [3.63, 3.8) is 0 Å². The molecule has 13 heavy (non-hydrogen) atoms. The second-order valence-electron chi connectivity index (χ2n) is 2.59. The van der Waals surface area contributed by atoms with Gasteiger partial charge in [-0.1, -0.05) is 12.1 Å². The van der Waals surface area contributed by atoms with Crippen LogP contribution in [0.5, 0.6) is 0 Å². The average Bonchev–Trinajstić information content (AvgIpc) is 2.19. The molecule has 0 saturated carbocycles. The molecule has 0 aromatic heterocycles. The first-order valence-corrected chi connectivity index (χ1v) is 5.11. The van der Waals surface area contributed by atoms with Crippen LogP contribution in [-0.2, 0) is 11.2 Å². The highest BCUT2D eigenvalue weighted by Gasteiger charge is 2.00. The Morgan fingerprint density at radius 2 is 2.08 bits per heavy atom. The van der Waals surface area contributed by atoms with Gasteiger partial charge in [-0.15, -0.1) is 11.8 Å². The Morgan fingerprint density at radius 1 is 1.46 bits per heavy atom. The van der Waals surface area contributed by atoms with Crippen molar-refractivity contribution in [2.24, 2.45) is 5.84 Å². The standard InChI is InChI=1S/C9H12N2OS/c1-13-8-4-2-7(3-5-8)6-9(12)11-10/h2-5H,6,10H2,1H3,(H,11,12). The summed E-state index contributed by atoms with van der Waals surface area (Å²) in [4.78, 5) is 12.1. The van der Waals surface area contributed by atoms with Crippen LogP contribution in [0, 0.1) is 0 Å². The first-order chi connectivity index (χ1) is 6.26. The summed E-state index contributed by atoms with van der Waals surface area (Å²) in [6.07, 6.45) is 2.35. The van der Waals surface area contributed by atoms with Crippen molar-refractivity contribution >= 4 is 17.7 Å². The number of benzene rings is 1. The molecule has 4 heteroatoms. The summed E-state index contributed by atoms with van der Waals surface area (Å²) in [6.45, 7) is 0. The molecule has 0 heterocycles. The van der Waals surface area contributed by atoms with E-state index in [1.54, 1.807) is 11.8 Å². The Balaban J connectivity index is 2.64. The second kappa shape index (κ2) is 4.89. The van der Waals surface area contributed by atoms with Gasteiger partial charge in [0.15, 0.2) is 0 Å². The molecule has 70 valence electrons. The summed E-state index contributed by atoms with van der Waals surface area (Å²) in [5.41, 5.74) is 3.07. The fourth-order valence-corrected chi connectivity index (χ4v) is 1.39. The number of nitrogens with two attached hydrogens (primary N) is 1. The zero-order valence-electron chi connectivity index (χ0n) is 7.41. The minimum absolute atomic E-state index is 0.170. The van der Waals surface area contributed by atoms with E-state index in [2.05, 4.69) is 5.43 Å². The first kappa shape index (κ1) is 10.1. The van der Waals surface area contributed by atoms with Crippen molar-refractivity contribution < 1.29 is 4.79 Å². The maximum atomic E-state index is 10.9. The molecule has 0 fully saturated rings. The number of hydrazine groups is 1. The topological polar surface area (TPSA) is 55.1 Å². The Morgan fingerprint density at radius 3 is 2.54 bits per heavy atom. The normalized spacial score (nSPS) is 9.69. The summed E-state index contributed by atoms with van der Waals surface area (Å²) < 4.78 is 0. The summed E-state index contributed by atoms with van der Waals surface area (Å²) >= 11 is 1.68. The van der Waals surface area contributed by atoms with E-state index in [1.165, 1.54) is 4.90 Å². The largest absolute Gasteiger partial charge is 0.294 e. The Bertz CT molecular complexity index is 284. The first-order valence-electron chi connectivity index (χ1n) is 3.88. The van der Waals surface area contributed by atoms with E-state index >= 15 is 0 Å². The number of nitrogens with one attached hydrogen (secondary N) is 1. The SMILES string of the molecule is CSc1ccc(CC(=O)NN)cc1. The smallest absolute Gasteiger partial charge is 0.238 e. The van der Waals surface area contributed by atoms with Crippen molar-refractivity contribution in [1.82, 2.24) is 5.43 Å². The van der Waals surface area contributed by atoms with E-state index in [4.69, 9.17) is 5.84 Å². The fraction of sp³-hybridized carbons (Fsp3) is 0.222. The van der Waals surface area contributed by atoms with Crippen molar-refractivity contribution in [3.05, 3.63) is 29.8 Å². The van der Waals surface area contributed by atoms with Gasteiger partial charge in [-0.05, 0) is 24.0 Å². The van der Waals surface area contributed by atoms with Gasteiger partial charge in [0.05, 0.1) is 6.42 Å². The summed E-state index contributed by atoms with van der Waals surface area (Å²) in [5.74, 6) is 4.80. The molecule has 0 saturated heterocycles. The Kier molecular flexibility index (Phi) is 3.79. The van der Waals surface area contributed by atoms with Crippen molar-refractivity contribution in [2.75, 3.05) is 6.26 Å². The maximum Gasteiger partial charge on any atom is 0.238 e. The van der Waals surface area contributed by atoms with Gasteiger partial charge in [0, 0.05) is 4.90 Å². The van der Waals surface area contributed by atoms with Crippen LogP contribution in [0.3, 0.4) is 0 Å². The van der Waals surface area contributed by atoms with Gasteiger partial charge in [-0.3, -0.25) is 10.2 Å². The zero-order chi connectivity index (χ0) is 9.68. The van der Waals surface area contributed by atoms with Crippen LogP contribution in [0.4, 0.5) is 0 Å². The van der Waals surface area contributed by atoms with Gasteiger partial charge in [0.1, 0.15) is 0 Å². The highest BCUT2D eigenvalue weighted by Crippen LogP contribution is 2.14. The third-order valence-corrected chi connectivity index (χ3v) is 2.43. The summed E-state index contributed by atoms with van der Waals surface area (Å²) in [7, 11) is 0. The molecule has 0 aliphatic rings. The Labute approximate surface area is 81.7 Å². The molecule has 3 nitrogen and oxygen atoms in total. The average molecular weight is 196 g/mol. The number of amides is 1. The van der Waals surface area contributed by atoms with Crippen LogP contribution in [-0.4, -0.2) is 12.2 Å². The lowest BCUT2D eigenvalue weighted by Crippen LogP contribution is -2.31. The number of hydrogen-bond acceptors (Lipinski definition) is 3. The highest BCUT2D eigenvalue weighted by atomic mass is 32.2. The van der Waals surface area contributed by atoms with Gasteiger partial charge in [0.25, 0.3) is 0 Å². The molecule has 0 bridgehead atoms. The third-order valence-electron chi connectivity index (χ3n) is 1.68. The summed E-state index contributed by atoms with van der Waals surface area (Å²) in [5, 5.41) is 0. The van der Waals surface area contributed by atoms with E-state index in [0.29, 0.717) is 6.42 Å². The zero-order valence-corrected chi connectivity index (χ0v) is 8.23. The maximum absolute atomic E-state index is 10.9. The molecule has 1 amide bonds. The molecule has 3 N–H and O–H groups in total. The minimum atomic E-state index is -0.170. The molecule has 0 aliphatic carbocycles. The number of rotatable bonds is 3. The lowest BCUT2D eigenvalue weighted by molar-refractivity contribution is -0.120. The van der Waals surface area contributed by atoms with Crippen LogP contribution in [0.15, 0.2) is 29.2 Å². The quantitative estimate of drug-likeness (QED) is 0.327. The van der Waals surface area contributed by atoms with Gasteiger partial charge in [0.2, 0.25) is 5.91 Å². The van der Waals surface area contributed by atoms with E-state index in [9.17, 15) is 4.79 Å². The van der Waals surface area contributed by atoms with E-state index in [0.717, 1.165) is 5.56 Å². The Hall–Kier alpha value is -1.00. The molecule has 1 rings (SSSR count). The molecule has 1 aromatic carbocycles. The van der Waals surface area contributed by atoms with Crippen molar-refractivity contribution in [3.8, 4) is 0 Å². The minimum Gasteiger partial charge on any atom is -0.294 e. The molecule has 0 unspecified atom stereocenters. The highest BCUT2D eigenvalue weighted by molar-refractivity contribution is 7.98. The predicted molar refractivity (Wildman–Crippen MR) is 54.3 cm³/mol. The fourth-order valence-electron chi connectivity index (χ4n) is 0.980. The van der Waals surface area contributed by atoms with Crippen LogP contribution in [0.2, 0.25) is 0 Å². The molecular formula is C9H12N2OS. The van der Waals surface area contributed by atoms with Crippen LogP contribution in [0.25, 0.3) is 0 Å². The molecule has 0 radical (unpaired) electrons.